The van der Waals surface area contributed by atoms with Crippen LogP contribution in [0.15, 0.2) is 0 Å². The molecule has 1 unspecified atom stereocenters. The van der Waals surface area contributed by atoms with Gasteiger partial charge in [-0.05, 0) is 13.3 Å². The van der Waals surface area contributed by atoms with E-state index in [1.807, 2.05) is 6.92 Å². The Kier molecular flexibility index (Phi) is 4.65. The van der Waals surface area contributed by atoms with Crippen LogP contribution in [0.4, 0.5) is 0 Å². The molecule has 0 aromatic heterocycles. The van der Waals surface area contributed by atoms with Gasteiger partial charge in [0, 0.05) is 14.2 Å². The maximum Gasteiger partial charge on any atom is 0.115 e. The van der Waals surface area contributed by atoms with Crippen molar-refractivity contribution in [2.45, 2.75) is 32.3 Å². The molecule has 0 spiro atoms. The van der Waals surface area contributed by atoms with E-state index in [2.05, 4.69) is 6.92 Å². The second kappa shape index (κ2) is 4.69. The first kappa shape index (κ1) is 9.92. The van der Waals surface area contributed by atoms with Crippen molar-refractivity contribution in [2.75, 3.05) is 14.2 Å². The standard InChI is InChI=1S/C8H17O2/c1-5-6-8(2,10-4)7-9-3/h7H,5-6H2,1-4H3. The van der Waals surface area contributed by atoms with Gasteiger partial charge < -0.3 is 9.47 Å². The summed E-state index contributed by atoms with van der Waals surface area (Å²) in [5, 5.41) is 0. The Morgan fingerprint density at radius 3 is 2.30 bits per heavy atom. The fourth-order valence-corrected chi connectivity index (χ4v) is 0.955. The lowest BCUT2D eigenvalue weighted by Crippen LogP contribution is -2.28. The Balaban J connectivity index is 3.69. The summed E-state index contributed by atoms with van der Waals surface area (Å²) in [6.45, 7) is 5.87. The van der Waals surface area contributed by atoms with Crippen LogP contribution in [-0.4, -0.2) is 19.8 Å². The summed E-state index contributed by atoms with van der Waals surface area (Å²) in [5.41, 5.74) is -0.205. The van der Waals surface area contributed by atoms with E-state index in [0.717, 1.165) is 12.8 Å². The molecule has 0 heterocycles. The highest BCUT2D eigenvalue weighted by atomic mass is 16.5. The molecule has 0 saturated carbocycles. The zero-order valence-electron chi connectivity index (χ0n) is 7.31. The second-order valence-electron chi connectivity index (χ2n) is 2.62. The van der Waals surface area contributed by atoms with E-state index in [4.69, 9.17) is 9.47 Å². The van der Waals surface area contributed by atoms with Gasteiger partial charge in [0.2, 0.25) is 0 Å². The molecule has 0 aromatic rings. The maximum atomic E-state index is 5.24. The Bertz CT molecular complexity index is 75.3. The normalized spacial score (nSPS) is 16.8. The molecule has 0 rings (SSSR count). The van der Waals surface area contributed by atoms with Crippen LogP contribution in [0, 0.1) is 6.61 Å². The highest BCUT2D eigenvalue weighted by molar-refractivity contribution is 4.82. The van der Waals surface area contributed by atoms with Crippen LogP contribution in [0.5, 0.6) is 0 Å². The van der Waals surface area contributed by atoms with Crippen LogP contribution >= 0.6 is 0 Å². The van der Waals surface area contributed by atoms with Crippen LogP contribution in [0.1, 0.15) is 26.7 Å². The average molecular weight is 145 g/mol. The minimum Gasteiger partial charge on any atom is -0.376 e. The molecular formula is C8H17O2. The van der Waals surface area contributed by atoms with Crippen LogP contribution in [-0.2, 0) is 9.47 Å². The van der Waals surface area contributed by atoms with Gasteiger partial charge >= 0.3 is 0 Å². The summed E-state index contributed by atoms with van der Waals surface area (Å²) in [5.74, 6) is 0. The van der Waals surface area contributed by atoms with Gasteiger partial charge in [0.25, 0.3) is 0 Å². The van der Waals surface area contributed by atoms with Crippen molar-refractivity contribution in [1.82, 2.24) is 0 Å². The maximum absolute atomic E-state index is 5.24. The zero-order chi connectivity index (χ0) is 8.04. The Labute approximate surface area is 63.5 Å². The summed E-state index contributed by atoms with van der Waals surface area (Å²) in [6, 6.07) is 0. The van der Waals surface area contributed by atoms with Crippen molar-refractivity contribution in [2.24, 2.45) is 0 Å². The monoisotopic (exact) mass is 145 g/mol. The van der Waals surface area contributed by atoms with E-state index < -0.39 is 0 Å². The first-order chi connectivity index (χ1) is 4.68. The van der Waals surface area contributed by atoms with Gasteiger partial charge in [0.15, 0.2) is 0 Å². The second-order valence-corrected chi connectivity index (χ2v) is 2.62. The summed E-state index contributed by atoms with van der Waals surface area (Å²) in [6.07, 6.45) is 2.10. The lowest BCUT2D eigenvalue weighted by Gasteiger charge is -2.25. The van der Waals surface area contributed by atoms with Crippen LogP contribution in [0.2, 0.25) is 0 Å². The van der Waals surface area contributed by atoms with Gasteiger partial charge in [-0.3, -0.25) is 0 Å². The van der Waals surface area contributed by atoms with Crippen molar-refractivity contribution >= 4 is 0 Å². The average Bonchev–Trinajstić information content (AvgIpc) is 1.89. The lowest BCUT2D eigenvalue weighted by molar-refractivity contribution is -0.0183. The number of hydrogen-bond acceptors (Lipinski definition) is 2. The van der Waals surface area contributed by atoms with Crippen molar-refractivity contribution in [3.05, 3.63) is 6.61 Å². The first-order valence-electron chi connectivity index (χ1n) is 3.61. The van der Waals surface area contributed by atoms with Crippen molar-refractivity contribution < 1.29 is 9.47 Å². The summed E-state index contributed by atoms with van der Waals surface area (Å²) >= 11 is 0. The Morgan fingerprint density at radius 2 is 2.00 bits per heavy atom. The van der Waals surface area contributed by atoms with Gasteiger partial charge in [0.1, 0.15) is 6.61 Å². The third-order valence-electron chi connectivity index (χ3n) is 1.58. The molecule has 0 saturated heterocycles. The molecule has 0 N–H and O–H groups in total. The molecule has 1 atom stereocenters. The highest BCUT2D eigenvalue weighted by Crippen LogP contribution is 2.19. The Hall–Kier alpha value is -0.0800. The molecule has 10 heavy (non-hydrogen) atoms. The fourth-order valence-electron chi connectivity index (χ4n) is 0.955. The van der Waals surface area contributed by atoms with E-state index in [1.54, 1.807) is 20.8 Å². The molecule has 0 aromatic carbocycles. The molecule has 0 aliphatic rings. The molecular weight excluding hydrogens is 128 g/mol. The van der Waals surface area contributed by atoms with E-state index in [9.17, 15) is 0 Å². The quantitative estimate of drug-likeness (QED) is 0.589. The van der Waals surface area contributed by atoms with E-state index in [1.165, 1.54) is 0 Å². The number of ether oxygens (including phenoxy) is 2. The molecule has 61 valence electrons. The van der Waals surface area contributed by atoms with Crippen molar-refractivity contribution in [3.8, 4) is 0 Å². The predicted octanol–water partition coefficient (Wildman–Crippen LogP) is 2.00. The van der Waals surface area contributed by atoms with Gasteiger partial charge in [0.05, 0.1) is 5.60 Å². The minimum absolute atomic E-state index is 0.205. The third kappa shape index (κ3) is 3.18. The van der Waals surface area contributed by atoms with Crippen LogP contribution < -0.4 is 0 Å². The first-order valence-corrected chi connectivity index (χ1v) is 3.61. The van der Waals surface area contributed by atoms with Gasteiger partial charge in [-0.15, -0.1) is 0 Å². The summed E-state index contributed by atoms with van der Waals surface area (Å²) in [4.78, 5) is 0. The molecule has 0 bridgehead atoms. The number of rotatable bonds is 5. The smallest absolute Gasteiger partial charge is 0.115 e. The van der Waals surface area contributed by atoms with E-state index in [-0.39, 0.29) is 5.60 Å². The SMILES string of the molecule is CCCC(C)([CH]OC)OC. The summed E-state index contributed by atoms with van der Waals surface area (Å²) < 4.78 is 10.1. The predicted molar refractivity (Wildman–Crippen MR) is 41.6 cm³/mol. The molecule has 2 nitrogen and oxygen atoms in total. The van der Waals surface area contributed by atoms with Crippen molar-refractivity contribution in [3.63, 3.8) is 0 Å². The number of methoxy groups -OCH3 is 2. The van der Waals surface area contributed by atoms with Crippen LogP contribution in [0.25, 0.3) is 0 Å². The lowest BCUT2D eigenvalue weighted by atomic mass is 10.0. The Morgan fingerprint density at radius 1 is 1.40 bits per heavy atom. The van der Waals surface area contributed by atoms with Gasteiger partial charge in [-0.25, -0.2) is 0 Å². The molecule has 2 heteroatoms. The molecule has 1 radical (unpaired) electrons. The largest absolute Gasteiger partial charge is 0.376 e. The van der Waals surface area contributed by atoms with E-state index in [0.29, 0.717) is 0 Å². The van der Waals surface area contributed by atoms with Gasteiger partial charge in [-0.2, -0.15) is 0 Å². The topological polar surface area (TPSA) is 18.5 Å². The zero-order valence-corrected chi connectivity index (χ0v) is 7.31. The fraction of sp³-hybridized carbons (Fsp3) is 0.875. The van der Waals surface area contributed by atoms with Crippen LogP contribution in [0.3, 0.4) is 0 Å². The number of hydrogen-bond donors (Lipinski definition) is 0. The molecule has 0 amide bonds. The summed E-state index contributed by atoms with van der Waals surface area (Å²) in [7, 11) is 3.35. The van der Waals surface area contributed by atoms with Crippen molar-refractivity contribution in [1.29, 1.82) is 0 Å². The molecule has 0 fully saturated rings. The molecule has 0 aliphatic heterocycles. The highest BCUT2D eigenvalue weighted by Gasteiger charge is 2.22. The molecule has 0 aliphatic carbocycles. The van der Waals surface area contributed by atoms with E-state index >= 15 is 0 Å². The minimum atomic E-state index is -0.205. The third-order valence-corrected chi connectivity index (χ3v) is 1.58. The van der Waals surface area contributed by atoms with Gasteiger partial charge in [-0.1, -0.05) is 13.3 Å².